The molecule has 13 heavy (non-hydrogen) atoms. The Bertz CT molecular complexity index is 282. The maximum Gasteiger partial charge on any atom is 0.216 e. The predicted octanol–water partition coefficient (Wildman–Crippen LogP) is 1.21. The summed E-state index contributed by atoms with van der Waals surface area (Å²) in [4.78, 5) is 0. The summed E-state index contributed by atoms with van der Waals surface area (Å²) < 4.78 is 25.3. The van der Waals surface area contributed by atoms with Crippen LogP contribution in [0.25, 0.3) is 0 Å². The molecular weight excluding hydrogens is 186 g/mol. The third-order valence-corrected chi connectivity index (χ3v) is 5.29. The Kier molecular flexibility index (Phi) is 2.36. The average molecular weight is 203 g/mol. The van der Waals surface area contributed by atoms with E-state index in [2.05, 4.69) is 6.92 Å². The molecule has 1 aliphatic heterocycles. The van der Waals surface area contributed by atoms with Gasteiger partial charge in [-0.2, -0.15) is 0 Å². The summed E-state index contributed by atoms with van der Waals surface area (Å²) in [6.45, 7) is 3.64. The van der Waals surface area contributed by atoms with Crippen LogP contribution < -0.4 is 0 Å². The summed E-state index contributed by atoms with van der Waals surface area (Å²) in [7, 11) is -2.89. The lowest BCUT2D eigenvalue weighted by Crippen LogP contribution is -2.40. The fourth-order valence-corrected chi connectivity index (χ4v) is 3.95. The molecule has 1 saturated carbocycles. The van der Waals surface area contributed by atoms with E-state index in [0.717, 1.165) is 32.4 Å². The van der Waals surface area contributed by atoms with Gasteiger partial charge < -0.3 is 0 Å². The van der Waals surface area contributed by atoms with Crippen molar-refractivity contribution in [3.63, 3.8) is 0 Å². The van der Waals surface area contributed by atoms with Crippen molar-refractivity contribution < 1.29 is 8.42 Å². The van der Waals surface area contributed by atoms with E-state index in [1.54, 1.807) is 4.31 Å². The van der Waals surface area contributed by atoms with Gasteiger partial charge in [0.15, 0.2) is 0 Å². The molecule has 0 spiro atoms. The van der Waals surface area contributed by atoms with Crippen molar-refractivity contribution in [3.8, 4) is 0 Å². The second kappa shape index (κ2) is 3.24. The largest absolute Gasteiger partial charge is 0.216 e. The van der Waals surface area contributed by atoms with Crippen molar-refractivity contribution in [3.05, 3.63) is 0 Å². The zero-order valence-corrected chi connectivity index (χ0v) is 8.89. The molecule has 0 unspecified atom stereocenters. The van der Waals surface area contributed by atoms with Crippen LogP contribution in [0.1, 0.15) is 32.6 Å². The Morgan fingerprint density at radius 1 is 1.23 bits per heavy atom. The van der Waals surface area contributed by atoms with Gasteiger partial charge in [-0.3, -0.25) is 0 Å². The lowest BCUT2D eigenvalue weighted by Gasteiger charge is -2.29. The molecule has 0 N–H and O–H groups in total. The topological polar surface area (TPSA) is 37.4 Å². The summed E-state index contributed by atoms with van der Waals surface area (Å²) in [5.74, 6) is 0.544. The third-order valence-electron chi connectivity index (χ3n) is 2.93. The smallest absolute Gasteiger partial charge is 0.212 e. The molecule has 0 aromatic carbocycles. The van der Waals surface area contributed by atoms with Crippen LogP contribution in [0.5, 0.6) is 0 Å². The Labute approximate surface area is 80.2 Å². The minimum atomic E-state index is -2.89. The average Bonchev–Trinajstić information content (AvgIpc) is 2.86. The van der Waals surface area contributed by atoms with Crippen LogP contribution in [0, 0.1) is 5.92 Å². The molecule has 76 valence electrons. The molecule has 1 aliphatic carbocycles. The highest BCUT2D eigenvalue weighted by Crippen LogP contribution is 2.32. The monoisotopic (exact) mass is 203 g/mol. The van der Waals surface area contributed by atoms with Crippen molar-refractivity contribution >= 4 is 10.0 Å². The first kappa shape index (κ1) is 9.46. The summed E-state index contributed by atoms with van der Waals surface area (Å²) in [6.07, 6.45) is 3.98. The minimum Gasteiger partial charge on any atom is -0.212 e. The Morgan fingerprint density at radius 3 is 2.46 bits per heavy atom. The summed E-state index contributed by atoms with van der Waals surface area (Å²) in [6, 6.07) is 0. The molecule has 3 nitrogen and oxygen atoms in total. The maximum atomic E-state index is 11.8. The molecule has 1 saturated heterocycles. The van der Waals surface area contributed by atoms with Crippen LogP contribution in [-0.2, 0) is 10.0 Å². The number of hydrogen-bond donors (Lipinski definition) is 0. The van der Waals surface area contributed by atoms with Crippen LogP contribution in [0.4, 0.5) is 0 Å². The first-order valence-electron chi connectivity index (χ1n) is 5.09. The normalized spacial score (nSPS) is 31.9. The van der Waals surface area contributed by atoms with Gasteiger partial charge in [-0.15, -0.1) is 0 Å². The van der Waals surface area contributed by atoms with Crippen LogP contribution in [0.15, 0.2) is 0 Å². The number of hydrogen-bond acceptors (Lipinski definition) is 2. The summed E-state index contributed by atoms with van der Waals surface area (Å²) in [5.41, 5.74) is 0. The molecule has 0 amide bonds. The molecule has 2 fully saturated rings. The van der Waals surface area contributed by atoms with Crippen LogP contribution in [-0.4, -0.2) is 31.1 Å². The van der Waals surface area contributed by atoms with Crippen molar-refractivity contribution in [2.45, 2.75) is 37.9 Å². The summed E-state index contributed by atoms with van der Waals surface area (Å²) in [5, 5.41) is -0.0298. The second-order valence-electron chi connectivity index (χ2n) is 4.35. The van der Waals surface area contributed by atoms with Gasteiger partial charge in [0.1, 0.15) is 0 Å². The van der Waals surface area contributed by atoms with E-state index < -0.39 is 10.0 Å². The molecule has 1 atom stereocenters. The van der Waals surface area contributed by atoms with Gasteiger partial charge in [-0.1, -0.05) is 6.92 Å². The number of rotatable bonds is 2. The Hall–Kier alpha value is -0.0900. The van der Waals surface area contributed by atoms with Crippen molar-refractivity contribution in [2.24, 2.45) is 5.92 Å². The lowest BCUT2D eigenvalue weighted by atomic mass is 10.0. The fraction of sp³-hybridized carbons (Fsp3) is 1.00. The Balaban J connectivity index is 2.06. The molecule has 2 rings (SSSR count). The zero-order chi connectivity index (χ0) is 9.47. The lowest BCUT2D eigenvalue weighted by molar-refractivity contribution is 0.281. The van der Waals surface area contributed by atoms with Crippen molar-refractivity contribution in [1.82, 2.24) is 4.31 Å². The number of nitrogens with zero attached hydrogens (tertiary/aromatic N) is 1. The summed E-state index contributed by atoms with van der Waals surface area (Å²) >= 11 is 0. The second-order valence-corrected chi connectivity index (χ2v) is 6.56. The SMILES string of the molecule is C[C@H]1CCCN(S(=O)(=O)C2CC2)C1. The quantitative estimate of drug-likeness (QED) is 0.676. The fourth-order valence-electron chi connectivity index (χ4n) is 1.95. The van der Waals surface area contributed by atoms with Gasteiger partial charge in [0.2, 0.25) is 10.0 Å². The first-order chi connectivity index (χ1) is 6.10. The number of piperidine rings is 1. The van der Waals surface area contributed by atoms with E-state index in [1.165, 1.54) is 6.42 Å². The molecule has 2 aliphatic rings. The molecule has 0 radical (unpaired) electrons. The van der Waals surface area contributed by atoms with Gasteiger partial charge in [-0.25, -0.2) is 12.7 Å². The van der Waals surface area contributed by atoms with Crippen molar-refractivity contribution in [2.75, 3.05) is 13.1 Å². The highest BCUT2D eigenvalue weighted by molar-refractivity contribution is 7.90. The molecular formula is C9H17NO2S. The van der Waals surface area contributed by atoms with Gasteiger partial charge in [0.25, 0.3) is 0 Å². The van der Waals surface area contributed by atoms with Crippen molar-refractivity contribution in [1.29, 1.82) is 0 Å². The van der Waals surface area contributed by atoms with E-state index in [1.807, 2.05) is 0 Å². The van der Waals surface area contributed by atoms with E-state index in [-0.39, 0.29) is 5.25 Å². The number of sulfonamides is 1. The standard InChI is InChI=1S/C9H17NO2S/c1-8-3-2-6-10(7-8)13(11,12)9-4-5-9/h8-9H,2-7H2,1H3/t8-/m0/s1. The molecule has 0 aromatic rings. The molecule has 0 aromatic heterocycles. The van der Waals surface area contributed by atoms with Gasteiger partial charge >= 0.3 is 0 Å². The van der Waals surface area contributed by atoms with Gasteiger partial charge in [0.05, 0.1) is 5.25 Å². The minimum absolute atomic E-state index is 0.0298. The maximum absolute atomic E-state index is 11.8. The third kappa shape index (κ3) is 1.89. The van der Waals surface area contributed by atoms with Crippen LogP contribution in [0.3, 0.4) is 0 Å². The molecule has 1 heterocycles. The molecule has 4 heteroatoms. The first-order valence-corrected chi connectivity index (χ1v) is 6.60. The predicted molar refractivity (Wildman–Crippen MR) is 51.9 cm³/mol. The van der Waals surface area contributed by atoms with E-state index in [9.17, 15) is 8.42 Å². The zero-order valence-electron chi connectivity index (χ0n) is 8.07. The highest BCUT2D eigenvalue weighted by Gasteiger charge is 2.40. The Morgan fingerprint density at radius 2 is 1.92 bits per heavy atom. The van der Waals surface area contributed by atoms with E-state index in [4.69, 9.17) is 0 Å². The van der Waals surface area contributed by atoms with Gasteiger partial charge in [-0.05, 0) is 31.6 Å². The van der Waals surface area contributed by atoms with Gasteiger partial charge in [0, 0.05) is 13.1 Å². The van der Waals surface area contributed by atoms with Crippen LogP contribution in [0.2, 0.25) is 0 Å². The molecule has 0 bridgehead atoms. The van der Waals surface area contributed by atoms with Crippen LogP contribution >= 0.6 is 0 Å². The highest BCUT2D eigenvalue weighted by atomic mass is 32.2. The van der Waals surface area contributed by atoms with E-state index >= 15 is 0 Å². The van der Waals surface area contributed by atoms with E-state index in [0.29, 0.717) is 5.92 Å².